The smallest absolute Gasteiger partial charge is 0.187 e. The van der Waals surface area contributed by atoms with Gasteiger partial charge in [-0.2, -0.15) is 0 Å². The van der Waals surface area contributed by atoms with Crippen molar-refractivity contribution in [2.24, 2.45) is 0 Å². The topological polar surface area (TPSA) is 214 Å². The lowest BCUT2D eigenvalue weighted by Crippen LogP contribution is -2.65. The molecular formula is C27H48O16. The lowest BCUT2D eigenvalue weighted by Gasteiger charge is -2.48. The summed E-state index contributed by atoms with van der Waals surface area (Å²) in [4.78, 5) is 0. The second-order valence-electron chi connectivity index (χ2n) is 11.5. The molecule has 16 nitrogen and oxygen atoms in total. The summed E-state index contributed by atoms with van der Waals surface area (Å²) in [6.07, 6.45) is -17.0. The van der Waals surface area contributed by atoms with Gasteiger partial charge in [-0.15, -0.1) is 0 Å². The molecule has 0 aliphatic carbocycles. The van der Waals surface area contributed by atoms with Gasteiger partial charge >= 0.3 is 0 Å². The maximum atomic E-state index is 11.2. The predicted molar refractivity (Wildman–Crippen MR) is 141 cm³/mol. The van der Waals surface area contributed by atoms with Crippen molar-refractivity contribution in [2.75, 3.05) is 27.9 Å². The van der Waals surface area contributed by atoms with Gasteiger partial charge in [0.25, 0.3) is 0 Å². The molecule has 0 aromatic heterocycles. The Morgan fingerprint density at radius 2 is 1.12 bits per heavy atom. The summed E-state index contributed by atoms with van der Waals surface area (Å²) in [7, 11) is 4.43. The maximum absolute atomic E-state index is 11.2. The van der Waals surface area contributed by atoms with Crippen LogP contribution in [0.25, 0.3) is 0 Å². The molecule has 6 N–H and O–H groups in total. The van der Waals surface area contributed by atoms with Crippen LogP contribution in [0.15, 0.2) is 0 Å². The Kier molecular flexibility index (Phi) is 12.5. The molecule has 0 aromatic carbocycles. The predicted octanol–water partition coefficient (Wildman–Crippen LogP) is -2.65. The average molecular weight is 629 g/mol. The Labute approximate surface area is 250 Å². The van der Waals surface area contributed by atoms with Crippen molar-refractivity contribution in [1.82, 2.24) is 0 Å². The third-order valence-corrected chi connectivity index (χ3v) is 8.62. The minimum Gasteiger partial charge on any atom is -0.394 e. The molecule has 4 fully saturated rings. The standard InChI is InChI=1S/C27H48O16/c1-10-22(13(34-4)7-16(29)37-10)41-17-8-14(35-5)23(11(2)38-17)42-27-21(33)25(36-6)24(12(3)39-27)43-26-20(32)19(31)18(30)15(9-28)40-26/h10-33H,7-9H2,1-6H3/t10-,11-,12-,13+,14-,15-,16-,17+,18-,19+,20-,21-,22-,23-,24-,25+,26+,27+/m1/s1. The maximum Gasteiger partial charge on any atom is 0.187 e. The summed E-state index contributed by atoms with van der Waals surface area (Å²) in [5.41, 5.74) is 0. The molecule has 4 aliphatic rings. The summed E-state index contributed by atoms with van der Waals surface area (Å²) < 4.78 is 58.2. The summed E-state index contributed by atoms with van der Waals surface area (Å²) in [6, 6.07) is 0. The molecule has 16 heteroatoms. The van der Waals surface area contributed by atoms with Crippen LogP contribution in [0.4, 0.5) is 0 Å². The molecular weight excluding hydrogens is 580 g/mol. The van der Waals surface area contributed by atoms with Crippen molar-refractivity contribution in [2.45, 2.75) is 144 Å². The number of hydrogen-bond acceptors (Lipinski definition) is 16. The zero-order valence-electron chi connectivity index (χ0n) is 25.3. The van der Waals surface area contributed by atoms with Crippen molar-refractivity contribution >= 4 is 0 Å². The van der Waals surface area contributed by atoms with Crippen molar-refractivity contribution in [3.05, 3.63) is 0 Å². The highest BCUT2D eigenvalue weighted by Gasteiger charge is 2.52. The zero-order chi connectivity index (χ0) is 31.6. The first-order chi connectivity index (χ1) is 20.4. The number of hydrogen-bond donors (Lipinski definition) is 6. The summed E-state index contributed by atoms with van der Waals surface area (Å²) in [5, 5.41) is 61.3. The van der Waals surface area contributed by atoms with E-state index in [0.29, 0.717) is 0 Å². The SMILES string of the molecule is CO[C@H]1[C@@H](O)[C@H](O[C@@H]2[C@@H](C)O[C@@H](O[C@H]3[C@@H](OC)C[C@H](O)O[C@@H]3C)C[C@H]2OC)O[C@H](C)[C@H]1O[C@@H]1O[C@H](CO)[C@@H](O)[C@H](O)[C@H]1O. The summed E-state index contributed by atoms with van der Waals surface area (Å²) in [5.74, 6) is 0. The molecule has 18 atom stereocenters. The monoisotopic (exact) mass is 628 g/mol. The van der Waals surface area contributed by atoms with E-state index in [0.717, 1.165) is 0 Å². The van der Waals surface area contributed by atoms with Gasteiger partial charge in [0.05, 0.1) is 37.1 Å². The zero-order valence-corrected chi connectivity index (χ0v) is 25.3. The number of ether oxygens (including phenoxy) is 10. The van der Waals surface area contributed by atoms with E-state index in [1.807, 2.05) is 0 Å². The lowest BCUT2D eigenvalue weighted by molar-refractivity contribution is -0.373. The fourth-order valence-electron chi connectivity index (χ4n) is 6.18. The van der Waals surface area contributed by atoms with Crippen LogP contribution < -0.4 is 0 Å². The second-order valence-corrected chi connectivity index (χ2v) is 11.5. The molecule has 4 aliphatic heterocycles. The van der Waals surface area contributed by atoms with Gasteiger partial charge in [-0.05, 0) is 20.8 Å². The molecule has 0 amide bonds. The van der Waals surface area contributed by atoms with E-state index in [1.165, 1.54) is 14.2 Å². The molecule has 0 aromatic rings. The number of rotatable bonds is 10. The first-order valence-corrected chi connectivity index (χ1v) is 14.6. The van der Waals surface area contributed by atoms with Crippen LogP contribution in [0.2, 0.25) is 0 Å². The normalized spacial score (nSPS) is 51.3. The van der Waals surface area contributed by atoms with Crippen molar-refractivity contribution in [1.29, 1.82) is 0 Å². The number of aliphatic hydroxyl groups is 6. The van der Waals surface area contributed by atoms with Crippen LogP contribution in [-0.2, 0) is 47.4 Å². The van der Waals surface area contributed by atoms with Gasteiger partial charge in [0, 0.05) is 34.2 Å². The highest BCUT2D eigenvalue weighted by Crippen LogP contribution is 2.35. The average Bonchev–Trinajstić information content (AvgIpc) is 2.97. The van der Waals surface area contributed by atoms with E-state index in [2.05, 4.69) is 0 Å². The lowest BCUT2D eigenvalue weighted by atomic mass is 9.96. The van der Waals surface area contributed by atoms with Crippen molar-refractivity contribution in [3.8, 4) is 0 Å². The summed E-state index contributed by atoms with van der Waals surface area (Å²) in [6.45, 7) is 4.60. The van der Waals surface area contributed by atoms with Gasteiger partial charge in [-0.3, -0.25) is 0 Å². The van der Waals surface area contributed by atoms with Crippen LogP contribution in [-0.4, -0.2) is 169 Å². The summed E-state index contributed by atoms with van der Waals surface area (Å²) >= 11 is 0. The minimum absolute atomic E-state index is 0.254. The van der Waals surface area contributed by atoms with Gasteiger partial charge in [0.1, 0.15) is 54.9 Å². The molecule has 0 radical (unpaired) electrons. The molecule has 0 unspecified atom stereocenters. The molecule has 4 rings (SSSR count). The molecule has 0 spiro atoms. The first kappa shape index (κ1) is 35.2. The van der Waals surface area contributed by atoms with E-state index in [9.17, 15) is 30.6 Å². The Morgan fingerprint density at radius 3 is 1.74 bits per heavy atom. The fraction of sp³-hybridized carbons (Fsp3) is 1.00. The van der Waals surface area contributed by atoms with Crippen LogP contribution in [0, 0.1) is 0 Å². The Morgan fingerprint density at radius 1 is 0.558 bits per heavy atom. The molecule has 252 valence electrons. The molecule has 4 heterocycles. The quantitative estimate of drug-likeness (QED) is 0.146. The highest BCUT2D eigenvalue weighted by atomic mass is 16.8. The Bertz CT molecular complexity index is 852. The molecule has 4 saturated heterocycles. The van der Waals surface area contributed by atoms with Crippen LogP contribution in [0.5, 0.6) is 0 Å². The third kappa shape index (κ3) is 7.68. The first-order valence-electron chi connectivity index (χ1n) is 14.6. The Hall–Kier alpha value is -0.640. The van der Waals surface area contributed by atoms with Gasteiger partial charge in [-0.1, -0.05) is 0 Å². The molecule has 0 bridgehead atoms. The Balaban J connectivity index is 1.39. The molecule has 43 heavy (non-hydrogen) atoms. The van der Waals surface area contributed by atoms with E-state index in [-0.39, 0.29) is 12.8 Å². The van der Waals surface area contributed by atoms with Crippen LogP contribution in [0.1, 0.15) is 33.6 Å². The largest absolute Gasteiger partial charge is 0.394 e. The minimum atomic E-state index is -1.64. The van der Waals surface area contributed by atoms with Crippen molar-refractivity contribution < 1.29 is 78.0 Å². The van der Waals surface area contributed by atoms with Gasteiger partial charge in [0.2, 0.25) is 0 Å². The second kappa shape index (κ2) is 15.3. The fourth-order valence-corrected chi connectivity index (χ4v) is 6.18. The number of methoxy groups -OCH3 is 3. The van der Waals surface area contributed by atoms with E-state index in [1.54, 1.807) is 27.9 Å². The van der Waals surface area contributed by atoms with E-state index >= 15 is 0 Å². The third-order valence-electron chi connectivity index (χ3n) is 8.62. The van der Waals surface area contributed by atoms with Gasteiger partial charge in [-0.25, -0.2) is 0 Å². The van der Waals surface area contributed by atoms with E-state index < -0.39 is 117 Å². The van der Waals surface area contributed by atoms with E-state index in [4.69, 9.17) is 47.4 Å². The number of aliphatic hydroxyl groups excluding tert-OH is 6. The molecule has 0 saturated carbocycles. The van der Waals surface area contributed by atoms with Gasteiger partial charge < -0.3 is 78.0 Å². The van der Waals surface area contributed by atoms with Crippen LogP contribution >= 0.6 is 0 Å². The van der Waals surface area contributed by atoms with Crippen molar-refractivity contribution in [3.63, 3.8) is 0 Å². The highest BCUT2D eigenvalue weighted by molar-refractivity contribution is 4.95. The van der Waals surface area contributed by atoms with Gasteiger partial charge in [0.15, 0.2) is 25.2 Å². The van der Waals surface area contributed by atoms with Crippen LogP contribution in [0.3, 0.4) is 0 Å².